The lowest BCUT2D eigenvalue weighted by atomic mass is 10.0. The van der Waals surface area contributed by atoms with Crippen LogP contribution in [0.25, 0.3) is 10.6 Å². The standard InChI is InChI=1S/C23H24ClN3O3S2/c1-3-26(4-2)32(29,30)19-11-12-21-17(14-19)6-5-13-27(21)23(28)20-15-31-22(25-20)16-7-9-18(24)10-8-16/h7-12,14-15H,3-6,13H2,1-2H3. The lowest BCUT2D eigenvalue weighted by molar-refractivity contribution is 0.0981. The van der Waals surface area contributed by atoms with E-state index in [1.165, 1.54) is 15.6 Å². The van der Waals surface area contributed by atoms with E-state index in [1.807, 2.05) is 26.0 Å². The SMILES string of the molecule is CCN(CC)S(=O)(=O)c1ccc2c(c1)CCCN2C(=O)c1csc(-c2ccc(Cl)cc2)n1. The second-order valence-corrected chi connectivity index (χ2v) is 10.7. The average molecular weight is 490 g/mol. The number of hydrogen-bond acceptors (Lipinski definition) is 5. The maximum Gasteiger partial charge on any atom is 0.277 e. The highest BCUT2D eigenvalue weighted by Crippen LogP contribution is 2.32. The summed E-state index contributed by atoms with van der Waals surface area (Å²) >= 11 is 7.37. The number of rotatable bonds is 6. The Bertz CT molecular complexity index is 1240. The van der Waals surface area contributed by atoms with Crippen LogP contribution in [0.2, 0.25) is 5.02 Å². The molecule has 0 fully saturated rings. The summed E-state index contributed by atoms with van der Waals surface area (Å²) in [4.78, 5) is 19.8. The molecule has 1 amide bonds. The van der Waals surface area contributed by atoms with Crippen molar-refractivity contribution in [3.05, 3.63) is 64.1 Å². The van der Waals surface area contributed by atoms with Crippen LogP contribution in [0.4, 0.5) is 5.69 Å². The molecule has 2 aromatic carbocycles. The lowest BCUT2D eigenvalue weighted by Crippen LogP contribution is -2.36. The Morgan fingerprint density at radius 3 is 2.56 bits per heavy atom. The molecule has 0 saturated carbocycles. The van der Waals surface area contributed by atoms with E-state index in [1.54, 1.807) is 40.6 Å². The fraction of sp³-hybridized carbons (Fsp3) is 0.304. The van der Waals surface area contributed by atoms with Crippen molar-refractivity contribution in [3.8, 4) is 10.6 Å². The molecule has 4 rings (SSSR count). The molecular formula is C23H24ClN3O3S2. The molecule has 0 aliphatic carbocycles. The highest BCUT2D eigenvalue weighted by molar-refractivity contribution is 7.89. The van der Waals surface area contributed by atoms with Gasteiger partial charge in [0.05, 0.1) is 4.90 Å². The third kappa shape index (κ3) is 4.32. The third-order valence-electron chi connectivity index (χ3n) is 5.57. The Morgan fingerprint density at radius 2 is 1.88 bits per heavy atom. The molecule has 0 saturated heterocycles. The lowest BCUT2D eigenvalue weighted by Gasteiger charge is -2.29. The molecule has 1 aliphatic rings. The summed E-state index contributed by atoms with van der Waals surface area (Å²) < 4.78 is 27.2. The molecule has 0 spiro atoms. The maximum atomic E-state index is 13.3. The zero-order valence-corrected chi connectivity index (χ0v) is 20.3. The van der Waals surface area contributed by atoms with E-state index in [4.69, 9.17) is 11.6 Å². The molecule has 0 bridgehead atoms. The van der Waals surface area contributed by atoms with E-state index in [9.17, 15) is 13.2 Å². The molecule has 9 heteroatoms. The second kappa shape index (κ2) is 9.31. The van der Waals surface area contributed by atoms with Crippen LogP contribution in [0.15, 0.2) is 52.7 Å². The van der Waals surface area contributed by atoms with Crippen molar-refractivity contribution < 1.29 is 13.2 Å². The zero-order chi connectivity index (χ0) is 22.9. The van der Waals surface area contributed by atoms with Crippen molar-refractivity contribution in [2.75, 3.05) is 24.5 Å². The van der Waals surface area contributed by atoms with Crippen LogP contribution in [0.1, 0.15) is 36.3 Å². The molecule has 32 heavy (non-hydrogen) atoms. The molecule has 0 unspecified atom stereocenters. The predicted octanol–water partition coefficient (Wildman–Crippen LogP) is 5.09. The fourth-order valence-corrected chi connectivity index (χ4v) is 6.33. The molecule has 168 valence electrons. The number of benzene rings is 2. The number of thiazole rings is 1. The number of nitrogens with zero attached hydrogens (tertiary/aromatic N) is 3. The van der Waals surface area contributed by atoms with E-state index in [0.29, 0.717) is 30.4 Å². The van der Waals surface area contributed by atoms with Crippen molar-refractivity contribution in [2.24, 2.45) is 0 Å². The van der Waals surface area contributed by atoms with Crippen molar-refractivity contribution in [1.29, 1.82) is 0 Å². The summed E-state index contributed by atoms with van der Waals surface area (Å²) in [6.07, 6.45) is 1.50. The van der Waals surface area contributed by atoms with E-state index >= 15 is 0 Å². The summed E-state index contributed by atoms with van der Waals surface area (Å²) in [6, 6.07) is 12.4. The monoisotopic (exact) mass is 489 g/mol. The van der Waals surface area contributed by atoms with Gasteiger partial charge in [-0.3, -0.25) is 4.79 Å². The van der Waals surface area contributed by atoms with Gasteiger partial charge in [0, 0.05) is 41.3 Å². The normalized spacial score (nSPS) is 13.9. The average Bonchev–Trinajstić information content (AvgIpc) is 3.29. The molecule has 1 aliphatic heterocycles. The van der Waals surface area contributed by atoms with Crippen molar-refractivity contribution >= 4 is 44.6 Å². The fourth-order valence-electron chi connectivity index (χ4n) is 3.89. The first-order chi connectivity index (χ1) is 15.3. The van der Waals surface area contributed by atoms with Crippen molar-refractivity contribution in [2.45, 2.75) is 31.6 Å². The quantitative estimate of drug-likeness (QED) is 0.483. The topological polar surface area (TPSA) is 70.6 Å². The number of aromatic nitrogens is 1. The Morgan fingerprint density at radius 1 is 1.16 bits per heavy atom. The van der Waals surface area contributed by atoms with Crippen molar-refractivity contribution in [3.63, 3.8) is 0 Å². The number of halogens is 1. The maximum absolute atomic E-state index is 13.3. The third-order valence-corrected chi connectivity index (χ3v) is 8.76. The number of aryl methyl sites for hydroxylation is 1. The Labute approximate surface area is 197 Å². The number of fused-ring (bicyclic) bond motifs is 1. The highest BCUT2D eigenvalue weighted by atomic mass is 35.5. The van der Waals surface area contributed by atoms with Crippen LogP contribution in [0.3, 0.4) is 0 Å². The van der Waals surface area contributed by atoms with Gasteiger partial charge in [0.25, 0.3) is 5.91 Å². The van der Waals surface area contributed by atoms with Gasteiger partial charge in [0.1, 0.15) is 10.7 Å². The molecule has 3 aromatic rings. The number of amides is 1. The molecule has 1 aromatic heterocycles. The minimum Gasteiger partial charge on any atom is -0.307 e. The first-order valence-corrected chi connectivity index (χ1v) is 13.2. The minimum atomic E-state index is -3.55. The minimum absolute atomic E-state index is 0.179. The van der Waals surface area contributed by atoms with Crippen LogP contribution in [-0.2, 0) is 16.4 Å². The summed E-state index contributed by atoms with van der Waals surface area (Å²) in [7, 11) is -3.55. The molecule has 6 nitrogen and oxygen atoms in total. The number of sulfonamides is 1. The van der Waals surface area contributed by atoms with Gasteiger partial charge in [0.15, 0.2) is 0 Å². The number of carbonyl (C=O) groups excluding carboxylic acids is 1. The van der Waals surface area contributed by atoms with Crippen molar-refractivity contribution in [1.82, 2.24) is 9.29 Å². The first-order valence-electron chi connectivity index (χ1n) is 10.5. The largest absolute Gasteiger partial charge is 0.307 e. The molecule has 0 atom stereocenters. The smallest absolute Gasteiger partial charge is 0.277 e. The second-order valence-electron chi connectivity index (χ2n) is 7.48. The van der Waals surface area contributed by atoms with E-state index in [0.717, 1.165) is 34.7 Å². The number of hydrogen-bond donors (Lipinski definition) is 0. The summed E-state index contributed by atoms with van der Waals surface area (Å²) in [5.74, 6) is -0.179. The Kier molecular flexibility index (Phi) is 6.67. The molecule has 2 heterocycles. The van der Waals surface area contributed by atoms with Gasteiger partial charge in [0.2, 0.25) is 10.0 Å². The van der Waals surface area contributed by atoms with Gasteiger partial charge in [-0.25, -0.2) is 13.4 Å². The molecule has 0 N–H and O–H groups in total. The predicted molar refractivity (Wildman–Crippen MR) is 129 cm³/mol. The van der Waals surface area contributed by atoms with Crippen LogP contribution in [0.5, 0.6) is 0 Å². The van der Waals surface area contributed by atoms with E-state index < -0.39 is 10.0 Å². The van der Waals surface area contributed by atoms with E-state index in [-0.39, 0.29) is 10.8 Å². The first kappa shape index (κ1) is 22.9. The van der Waals surface area contributed by atoms with Crippen LogP contribution in [-0.4, -0.2) is 43.2 Å². The van der Waals surface area contributed by atoms with Gasteiger partial charge < -0.3 is 4.90 Å². The van der Waals surface area contributed by atoms with Gasteiger partial charge in [-0.15, -0.1) is 11.3 Å². The van der Waals surface area contributed by atoms with Crippen LogP contribution < -0.4 is 4.90 Å². The summed E-state index contributed by atoms with van der Waals surface area (Å²) in [5, 5.41) is 3.16. The van der Waals surface area contributed by atoms with E-state index in [2.05, 4.69) is 4.98 Å². The van der Waals surface area contributed by atoms with Gasteiger partial charge in [-0.1, -0.05) is 37.6 Å². The Balaban J connectivity index is 1.62. The number of anilines is 1. The number of carbonyl (C=O) groups is 1. The van der Waals surface area contributed by atoms with Gasteiger partial charge >= 0.3 is 0 Å². The zero-order valence-electron chi connectivity index (χ0n) is 17.9. The highest BCUT2D eigenvalue weighted by Gasteiger charge is 2.28. The summed E-state index contributed by atoms with van der Waals surface area (Å²) in [6.45, 7) is 5.06. The molecular weight excluding hydrogens is 466 g/mol. The van der Waals surface area contributed by atoms with Gasteiger partial charge in [-0.2, -0.15) is 4.31 Å². The summed E-state index contributed by atoms with van der Waals surface area (Å²) in [5.41, 5.74) is 2.91. The molecule has 0 radical (unpaired) electrons. The van der Waals surface area contributed by atoms with Gasteiger partial charge in [-0.05, 0) is 48.7 Å². The Hall–Kier alpha value is -2.26. The van der Waals surface area contributed by atoms with Crippen LogP contribution >= 0.6 is 22.9 Å². The van der Waals surface area contributed by atoms with Crippen LogP contribution in [0, 0.1) is 0 Å².